The first-order chi connectivity index (χ1) is 18.0. The number of alkyl halides is 2. The van der Waals surface area contributed by atoms with Crippen molar-refractivity contribution in [2.24, 2.45) is 0 Å². The first-order valence-electron chi connectivity index (χ1n) is 12.3. The number of anilines is 1. The summed E-state index contributed by atoms with van der Waals surface area (Å²) in [6.45, 7) is 4.13. The number of benzene rings is 1. The first-order valence-corrected chi connectivity index (χ1v) is 12.3. The molecule has 192 valence electrons. The number of aromatic nitrogens is 6. The summed E-state index contributed by atoms with van der Waals surface area (Å²) in [6, 6.07) is 10.9. The summed E-state index contributed by atoms with van der Waals surface area (Å²) in [5.41, 5.74) is 1.86. The molecule has 0 unspecified atom stereocenters. The van der Waals surface area contributed by atoms with Crippen molar-refractivity contribution in [2.75, 3.05) is 31.1 Å². The molecule has 1 saturated carbocycles. The molecular weight excluding hydrogens is 485 g/mol. The Morgan fingerprint density at radius 3 is 2.51 bits per heavy atom. The van der Waals surface area contributed by atoms with Crippen LogP contribution in [0.15, 0.2) is 47.0 Å². The molecule has 4 aromatic rings. The van der Waals surface area contributed by atoms with Crippen LogP contribution in [0.25, 0.3) is 22.8 Å². The zero-order valence-electron chi connectivity index (χ0n) is 20.0. The molecule has 12 heteroatoms. The van der Waals surface area contributed by atoms with E-state index in [2.05, 4.69) is 30.3 Å². The Labute approximate surface area is 210 Å². The van der Waals surface area contributed by atoms with Crippen LogP contribution in [-0.2, 0) is 6.54 Å². The van der Waals surface area contributed by atoms with E-state index in [4.69, 9.17) is 9.40 Å². The number of hydrogen-bond donors (Lipinski definition) is 0. The maximum absolute atomic E-state index is 14.8. The van der Waals surface area contributed by atoms with Crippen molar-refractivity contribution in [2.45, 2.75) is 38.3 Å². The van der Waals surface area contributed by atoms with E-state index in [0.717, 1.165) is 38.0 Å². The quantitative estimate of drug-likeness (QED) is 0.366. The number of piperazine rings is 1. The van der Waals surface area contributed by atoms with Crippen LogP contribution in [0.2, 0.25) is 0 Å². The van der Waals surface area contributed by atoms with Gasteiger partial charge in [0, 0.05) is 43.3 Å². The monoisotopic (exact) mass is 510 g/mol. The van der Waals surface area contributed by atoms with E-state index in [9.17, 15) is 13.2 Å². The van der Waals surface area contributed by atoms with Gasteiger partial charge in [-0.05, 0) is 37.1 Å². The van der Waals surface area contributed by atoms with Crippen LogP contribution in [0.4, 0.5) is 19.0 Å². The Balaban J connectivity index is 1.13. The Hall–Kier alpha value is -3.80. The Morgan fingerprint density at radius 1 is 0.973 bits per heavy atom. The topological polar surface area (TPSA) is 89.0 Å². The van der Waals surface area contributed by atoms with E-state index in [-0.39, 0.29) is 18.0 Å². The number of rotatable bonds is 7. The highest BCUT2D eigenvalue weighted by molar-refractivity contribution is 5.57. The van der Waals surface area contributed by atoms with E-state index >= 15 is 0 Å². The van der Waals surface area contributed by atoms with Gasteiger partial charge in [0.25, 0.3) is 5.89 Å². The molecule has 2 aliphatic rings. The number of hydrogen-bond acceptors (Lipinski definition) is 8. The van der Waals surface area contributed by atoms with E-state index in [1.807, 2.05) is 18.2 Å². The van der Waals surface area contributed by atoms with Crippen LogP contribution in [0.1, 0.15) is 37.1 Å². The second-order valence-electron chi connectivity index (χ2n) is 9.34. The van der Waals surface area contributed by atoms with Crippen molar-refractivity contribution in [1.82, 2.24) is 35.1 Å². The van der Waals surface area contributed by atoms with Gasteiger partial charge < -0.3 is 9.32 Å². The second-order valence-corrected chi connectivity index (χ2v) is 9.34. The fraction of sp³-hybridized carbons (Fsp3) is 0.400. The molecule has 0 radical (unpaired) electrons. The smallest absolute Gasteiger partial charge is 0.314 e. The predicted octanol–water partition coefficient (Wildman–Crippen LogP) is 4.19. The first kappa shape index (κ1) is 23.6. The molecule has 1 aromatic carbocycles. The number of pyridine rings is 1. The summed E-state index contributed by atoms with van der Waals surface area (Å²) in [7, 11) is 0. The van der Waals surface area contributed by atoms with E-state index in [1.54, 1.807) is 6.20 Å². The van der Waals surface area contributed by atoms with E-state index < -0.39 is 18.1 Å². The molecule has 1 aliphatic carbocycles. The van der Waals surface area contributed by atoms with Crippen LogP contribution in [-0.4, -0.2) is 67.3 Å². The summed E-state index contributed by atoms with van der Waals surface area (Å²) < 4.78 is 46.5. The lowest BCUT2D eigenvalue weighted by Gasteiger charge is -2.43. The van der Waals surface area contributed by atoms with Crippen molar-refractivity contribution >= 4 is 5.82 Å². The normalized spacial score (nSPS) is 16.9. The fourth-order valence-electron chi connectivity index (χ4n) is 4.73. The van der Waals surface area contributed by atoms with Gasteiger partial charge in [0.2, 0.25) is 5.89 Å². The zero-order valence-corrected chi connectivity index (χ0v) is 20.0. The third-order valence-electron chi connectivity index (χ3n) is 7.02. The third kappa shape index (κ3) is 4.93. The van der Waals surface area contributed by atoms with Crippen molar-refractivity contribution < 1.29 is 17.6 Å². The summed E-state index contributed by atoms with van der Waals surface area (Å²) in [6.07, 6.45) is 2.82. The zero-order chi connectivity index (χ0) is 25.4. The molecule has 0 bridgehead atoms. The lowest BCUT2D eigenvalue weighted by Crippen LogP contribution is -2.52. The van der Waals surface area contributed by atoms with Crippen molar-refractivity contribution in [3.8, 4) is 22.8 Å². The molecule has 1 aliphatic heterocycles. The van der Waals surface area contributed by atoms with Crippen molar-refractivity contribution in [3.05, 3.63) is 59.9 Å². The lowest BCUT2D eigenvalue weighted by molar-refractivity contribution is 0.116. The van der Waals surface area contributed by atoms with Crippen LogP contribution in [0.3, 0.4) is 0 Å². The van der Waals surface area contributed by atoms with Crippen molar-refractivity contribution in [3.63, 3.8) is 0 Å². The molecule has 3 aromatic heterocycles. The Morgan fingerprint density at radius 2 is 1.81 bits per heavy atom. The SMILES string of the molecule is Fc1cc(-c2nnc(C(F)F)o2)ccc1Cn1cc(-c2cccc(N3CCN(C4CCC4)CC3)n2)nn1. The average molecular weight is 511 g/mol. The second kappa shape index (κ2) is 9.92. The molecule has 6 rings (SSSR count). The van der Waals surface area contributed by atoms with Gasteiger partial charge in [0.1, 0.15) is 17.3 Å². The van der Waals surface area contributed by atoms with Crippen LogP contribution in [0, 0.1) is 5.82 Å². The molecule has 0 spiro atoms. The standard InChI is InChI=1S/C25H25F3N8O/c26-19-13-16(24-31-32-25(37-24)23(27)28)7-8-17(19)14-36-15-21(30-33-36)20-5-2-6-22(29-20)35-11-9-34(10-12-35)18-3-1-4-18/h2,5-8,13,15,18,23H,1,3-4,9-12,14H2. The molecular formula is C25H25F3N8O. The summed E-state index contributed by atoms with van der Waals surface area (Å²) in [4.78, 5) is 9.70. The van der Waals surface area contributed by atoms with Gasteiger partial charge >= 0.3 is 6.43 Å². The molecule has 2 fully saturated rings. The largest absolute Gasteiger partial charge is 0.415 e. The lowest BCUT2D eigenvalue weighted by atomic mass is 9.91. The van der Waals surface area contributed by atoms with Crippen LogP contribution >= 0.6 is 0 Å². The minimum Gasteiger partial charge on any atom is -0.415 e. The Bertz CT molecular complexity index is 1380. The van der Waals surface area contributed by atoms with Crippen LogP contribution < -0.4 is 4.90 Å². The fourth-order valence-corrected chi connectivity index (χ4v) is 4.73. The third-order valence-corrected chi connectivity index (χ3v) is 7.02. The maximum Gasteiger partial charge on any atom is 0.314 e. The number of nitrogens with zero attached hydrogens (tertiary/aromatic N) is 8. The van der Waals surface area contributed by atoms with E-state index in [1.165, 1.54) is 42.1 Å². The summed E-state index contributed by atoms with van der Waals surface area (Å²) in [5, 5.41) is 15.2. The summed E-state index contributed by atoms with van der Waals surface area (Å²) in [5.74, 6) is -0.604. The van der Waals surface area contributed by atoms with Crippen molar-refractivity contribution in [1.29, 1.82) is 0 Å². The molecule has 4 heterocycles. The molecule has 9 nitrogen and oxygen atoms in total. The Kier molecular flexibility index (Phi) is 6.33. The molecule has 0 amide bonds. The van der Waals surface area contributed by atoms with Gasteiger partial charge in [-0.25, -0.2) is 14.1 Å². The molecule has 0 N–H and O–H groups in total. The van der Waals surface area contributed by atoms with Gasteiger partial charge in [0.15, 0.2) is 0 Å². The molecule has 37 heavy (non-hydrogen) atoms. The minimum atomic E-state index is -2.88. The predicted molar refractivity (Wildman–Crippen MR) is 128 cm³/mol. The van der Waals surface area contributed by atoms with Gasteiger partial charge in [0.05, 0.1) is 18.4 Å². The average Bonchev–Trinajstić information content (AvgIpc) is 3.55. The van der Waals surface area contributed by atoms with Gasteiger partial charge in [-0.3, -0.25) is 4.90 Å². The maximum atomic E-state index is 14.8. The van der Waals surface area contributed by atoms with Gasteiger partial charge in [-0.1, -0.05) is 23.8 Å². The van der Waals surface area contributed by atoms with Crippen LogP contribution in [0.5, 0.6) is 0 Å². The highest BCUT2D eigenvalue weighted by atomic mass is 19.3. The van der Waals surface area contributed by atoms with E-state index in [0.29, 0.717) is 17.0 Å². The minimum absolute atomic E-state index is 0.133. The highest BCUT2D eigenvalue weighted by Gasteiger charge is 2.28. The molecule has 1 saturated heterocycles. The number of halogens is 3. The summed E-state index contributed by atoms with van der Waals surface area (Å²) >= 11 is 0. The molecule has 0 atom stereocenters. The highest BCUT2D eigenvalue weighted by Crippen LogP contribution is 2.28. The van der Waals surface area contributed by atoms with Gasteiger partial charge in [-0.15, -0.1) is 15.3 Å². The van der Waals surface area contributed by atoms with Gasteiger partial charge in [-0.2, -0.15) is 8.78 Å².